The number of hydrogen-bond acceptors (Lipinski definition) is 5. The van der Waals surface area contributed by atoms with Crippen molar-refractivity contribution in [3.63, 3.8) is 0 Å². The summed E-state index contributed by atoms with van der Waals surface area (Å²) < 4.78 is 32.4. The molecule has 0 aliphatic carbocycles. The van der Waals surface area contributed by atoms with E-state index >= 15 is 0 Å². The molecule has 1 unspecified atom stereocenters. The normalized spacial score (nSPS) is 18.7. The molecule has 2 atom stereocenters. The number of hydrogen-bond donors (Lipinski definition) is 3. The molecule has 0 saturated carbocycles. The molecule has 0 bridgehead atoms. The van der Waals surface area contributed by atoms with Gasteiger partial charge in [-0.2, -0.15) is 0 Å². The summed E-state index contributed by atoms with van der Waals surface area (Å²) in [5, 5.41) is 2.67. The number of amides is 1. The number of nitrogens with one attached hydrogen (secondary N) is 2. The smallest absolute Gasteiger partial charge is 0.240 e. The van der Waals surface area contributed by atoms with Gasteiger partial charge in [-0.3, -0.25) is 4.79 Å². The molecule has 0 spiro atoms. The number of rotatable bonds is 7. The van der Waals surface area contributed by atoms with E-state index in [1.807, 2.05) is 0 Å². The van der Waals surface area contributed by atoms with Gasteiger partial charge >= 0.3 is 0 Å². The molecular formula is C15H24ClN3O4S. The molecule has 1 aromatic carbocycles. The van der Waals surface area contributed by atoms with Crippen LogP contribution in [0.2, 0.25) is 0 Å². The molecule has 1 heterocycles. The first-order valence-electron chi connectivity index (χ1n) is 7.62. The quantitative estimate of drug-likeness (QED) is 0.642. The molecule has 0 aromatic heterocycles. The zero-order valence-corrected chi connectivity index (χ0v) is 15.2. The first kappa shape index (κ1) is 20.9. The Morgan fingerprint density at radius 2 is 2.04 bits per heavy atom. The third-order valence-corrected chi connectivity index (χ3v) is 5.08. The summed E-state index contributed by atoms with van der Waals surface area (Å²) >= 11 is 0. The molecule has 1 aliphatic rings. The minimum atomic E-state index is -3.55. The van der Waals surface area contributed by atoms with Gasteiger partial charge < -0.3 is 15.8 Å². The second-order valence-electron chi connectivity index (χ2n) is 5.64. The Bertz CT molecular complexity index is 629. The Morgan fingerprint density at radius 3 is 2.58 bits per heavy atom. The lowest BCUT2D eigenvalue weighted by atomic mass is 10.2. The average molecular weight is 378 g/mol. The van der Waals surface area contributed by atoms with Crippen molar-refractivity contribution in [1.82, 2.24) is 10.0 Å². The zero-order valence-electron chi connectivity index (χ0n) is 13.5. The largest absolute Gasteiger partial charge is 0.377 e. The summed E-state index contributed by atoms with van der Waals surface area (Å²) in [5.74, 6) is -0.250. The fourth-order valence-corrected chi connectivity index (χ4v) is 3.29. The highest BCUT2D eigenvalue weighted by Crippen LogP contribution is 2.14. The van der Waals surface area contributed by atoms with Crippen molar-refractivity contribution in [2.24, 2.45) is 5.73 Å². The van der Waals surface area contributed by atoms with E-state index in [4.69, 9.17) is 10.5 Å². The molecule has 4 N–H and O–H groups in total. The summed E-state index contributed by atoms with van der Waals surface area (Å²) in [6, 6.07) is 5.80. The van der Waals surface area contributed by atoms with Crippen LogP contribution in [0.15, 0.2) is 29.2 Å². The average Bonchev–Trinajstić information content (AvgIpc) is 3.04. The topological polar surface area (TPSA) is 111 Å². The van der Waals surface area contributed by atoms with E-state index in [1.165, 1.54) is 12.1 Å². The molecule has 0 radical (unpaired) electrons. The van der Waals surface area contributed by atoms with Gasteiger partial charge in [-0.25, -0.2) is 13.1 Å². The van der Waals surface area contributed by atoms with Gasteiger partial charge in [0.25, 0.3) is 0 Å². The predicted octanol–water partition coefficient (Wildman–Crippen LogP) is 0.529. The van der Waals surface area contributed by atoms with E-state index in [0.717, 1.165) is 18.4 Å². The van der Waals surface area contributed by atoms with Gasteiger partial charge in [-0.1, -0.05) is 12.1 Å². The summed E-state index contributed by atoms with van der Waals surface area (Å²) in [5.41, 5.74) is 6.26. The molecular weight excluding hydrogens is 354 g/mol. The molecule has 1 aromatic rings. The number of sulfonamides is 1. The van der Waals surface area contributed by atoms with Crippen LogP contribution in [0.3, 0.4) is 0 Å². The second kappa shape index (κ2) is 9.33. The lowest BCUT2D eigenvalue weighted by molar-refractivity contribution is -0.122. The van der Waals surface area contributed by atoms with Crippen molar-refractivity contribution in [2.45, 2.75) is 43.4 Å². The van der Waals surface area contributed by atoms with Crippen LogP contribution in [0.25, 0.3) is 0 Å². The van der Waals surface area contributed by atoms with E-state index in [1.54, 1.807) is 19.1 Å². The molecule has 1 fully saturated rings. The highest BCUT2D eigenvalue weighted by Gasteiger charge is 2.20. The molecule has 1 saturated heterocycles. The van der Waals surface area contributed by atoms with Crippen LogP contribution in [0.4, 0.5) is 0 Å². The van der Waals surface area contributed by atoms with Crippen LogP contribution in [-0.2, 0) is 26.1 Å². The van der Waals surface area contributed by atoms with Crippen LogP contribution in [0.5, 0.6) is 0 Å². The summed E-state index contributed by atoms with van der Waals surface area (Å²) in [4.78, 5) is 11.6. The Balaban J connectivity index is 0.00000288. The number of carbonyl (C=O) groups excluding carboxylic acids is 1. The Kier molecular flexibility index (Phi) is 8.11. The number of halogens is 1. The van der Waals surface area contributed by atoms with Crippen molar-refractivity contribution in [2.75, 3.05) is 13.2 Å². The van der Waals surface area contributed by atoms with Crippen molar-refractivity contribution in [3.05, 3.63) is 29.8 Å². The van der Waals surface area contributed by atoms with Crippen LogP contribution in [0.1, 0.15) is 25.3 Å². The molecule has 7 nitrogen and oxygen atoms in total. The summed E-state index contributed by atoms with van der Waals surface area (Å²) in [6.45, 7) is 2.89. The molecule has 2 rings (SSSR count). The second-order valence-corrected chi connectivity index (χ2v) is 7.40. The SMILES string of the molecule is C[C@H](N)C(=O)NCc1ccc(S(=O)(=O)NCC2CCCO2)cc1.Cl. The number of benzene rings is 1. The van der Waals surface area contributed by atoms with E-state index < -0.39 is 16.1 Å². The standard InChI is InChI=1S/C15H23N3O4S.ClH/c1-11(16)15(19)17-9-12-4-6-14(7-5-12)23(20,21)18-10-13-3-2-8-22-13;/h4-7,11,13,18H,2-3,8-10,16H2,1H3,(H,17,19);1H/t11-,13?;/m0./s1. The highest BCUT2D eigenvalue weighted by atomic mass is 35.5. The van der Waals surface area contributed by atoms with Crippen LogP contribution < -0.4 is 15.8 Å². The maximum atomic E-state index is 12.2. The third-order valence-electron chi connectivity index (χ3n) is 3.64. The van der Waals surface area contributed by atoms with Crippen LogP contribution >= 0.6 is 12.4 Å². The first-order valence-corrected chi connectivity index (χ1v) is 9.10. The van der Waals surface area contributed by atoms with Gasteiger partial charge in [0.1, 0.15) is 0 Å². The first-order chi connectivity index (χ1) is 10.9. The van der Waals surface area contributed by atoms with Crippen LogP contribution in [-0.4, -0.2) is 39.6 Å². The molecule has 9 heteroatoms. The minimum absolute atomic E-state index is 0. The molecule has 1 amide bonds. The van der Waals surface area contributed by atoms with Crippen molar-refractivity contribution >= 4 is 28.3 Å². The van der Waals surface area contributed by atoms with Gasteiger partial charge in [-0.05, 0) is 37.5 Å². The number of carbonyl (C=O) groups is 1. The van der Waals surface area contributed by atoms with E-state index in [9.17, 15) is 13.2 Å². The summed E-state index contributed by atoms with van der Waals surface area (Å²) in [6.07, 6.45) is 1.80. The Morgan fingerprint density at radius 1 is 1.38 bits per heavy atom. The monoisotopic (exact) mass is 377 g/mol. The zero-order chi connectivity index (χ0) is 16.9. The maximum Gasteiger partial charge on any atom is 0.240 e. The van der Waals surface area contributed by atoms with Gasteiger partial charge in [0.15, 0.2) is 0 Å². The third kappa shape index (κ3) is 6.03. The van der Waals surface area contributed by atoms with Gasteiger partial charge in [0, 0.05) is 19.7 Å². The maximum absolute atomic E-state index is 12.2. The number of ether oxygens (including phenoxy) is 1. The fourth-order valence-electron chi connectivity index (χ4n) is 2.23. The van der Waals surface area contributed by atoms with E-state index in [0.29, 0.717) is 13.2 Å². The van der Waals surface area contributed by atoms with Gasteiger partial charge in [0.05, 0.1) is 17.0 Å². The fraction of sp³-hybridized carbons (Fsp3) is 0.533. The Labute approximate surface area is 148 Å². The predicted molar refractivity (Wildman–Crippen MR) is 93.3 cm³/mol. The van der Waals surface area contributed by atoms with Crippen molar-refractivity contribution in [3.8, 4) is 0 Å². The summed E-state index contributed by atoms with van der Waals surface area (Å²) in [7, 11) is -3.55. The van der Waals surface area contributed by atoms with Gasteiger partial charge in [0.2, 0.25) is 15.9 Å². The molecule has 1 aliphatic heterocycles. The lowest BCUT2D eigenvalue weighted by Gasteiger charge is -2.12. The molecule has 24 heavy (non-hydrogen) atoms. The van der Waals surface area contributed by atoms with E-state index in [-0.39, 0.29) is 35.9 Å². The van der Waals surface area contributed by atoms with Crippen LogP contribution in [0, 0.1) is 0 Å². The van der Waals surface area contributed by atoms with Gasteiger partial charge in [-0.15, -0.1) is 12.4 Å². The molecule has 136 valence electrons. The van der Waals surface area contributed by atoms with E-state index in [2.05, 4.69) is 10.0 Å². The minimum Gasteiger partial charge on any atom is -0.377 e. The Hall–Kier alpha value is -1.19. The highest BCUT2D eigenvalue weighted by molar-refractivity contribution is 7.89. The number of nitrogens with two attached hydrogens (primary N) is 1. The van der Waals surface area contributed by atoms with Crippen molar-refractivity contribution < 1.29 is 17.9 Å². The van der Waals surface area contributed by atoms with Crippen molar-refractivity contribution in [1.29, 1.82) is 0 Å². The lowest BCUT2D eigenvalue weighted by Crippen LogP contribution is -2.37.